The number of ether oxygens (including phenoxy) is 1. The number of amides is 1. The van der Waals surface area contributed by atoms with Crippen molar-refractivity contribution in [2.45, 2.75) is 58.1 Å². The fraction of sp³-hybridized carbons (Fsp3) is 0.571. The Kier molecular flexibility index (Phi) is 5.00. The van der Waals surface area contributed by atoms with Crippen molar-refractivity contribution in [2.24, 2.45) is 0 Å². The fourth-order valence-corrected chi connectivity index (χ4v) is 3.70. The summed E-state index contributed by atoms with van der Waals surface area (Å²) in [5.41, 5.74) is 0.758. The van der Waals surface area contributed by atoms with Crippen molar-refractivity contribution in [1.82, 2.24) is 15.0 Å². The van der Waals surface area contributed by atoms with Gasteiger partial charge in [0.1, 0.15) is 5.75 Å². The summed E-state index contributed by atoms with van der Waals surface area (Å²) in [5, 5.41) is 4.15. The third kappa shape index (κ3) is 3.84. The van der Waals surface area contributed by atoms with Crippen LogP contribution in [-0.4, -0.2) is 46.7 Å². The number of hydrogen-bond donors (Lipinski definition) is 0. The van der Waals surface area contributed by atoms with Crippen molar-refractivity contribution < 1.29 is 14.1 Å². The number of hydrogen-bond acceptors (Lipinski definition) is 6. The molecule has 3 heterocycles. The van der Waals surface area contributed by atoms with Gasteiger partial charge in [-0.1, -0.05) is 38.1 Å². The van der Waals surface area contributed by atoms with E-state index in [1.165, 1.54) is 6.42 Å². The minimum absolute atomic E-state index is 0.0719. The van der Waals surface area contributed by atoms with E-state index in [1.54, 1.807) is 0 Å². The van der Waals surface area contributed by atoms with Crippen molar-refractivity contribution in [2.75, 3.05) is 24.5 Å². The van der Waals surface area contributed by atoms with Crippen LogP contribution in [0.1, 0.15) is 51.7 Å². The lowest BCUT2D eigenvalue weighted by Gasteiger charge is -2.37. The van der Waals surface area contributed by atoms with Gasteiger partial charge in [0.2, 0.25) is 5.89 Å². The van der Waals surface area contributed by atoms with E-state index >= 15 is 0 Å². The zero-order chi connectivity index (χ0) is 19.7. The Morgan fingerprint density at radius 2 is 1.93 bits per heavy atom. The molecule has 0 saturated carbocycles. The molecule has 0 N–H and O–H groups in total. The number of piperidine rings is 1. The zero-order valence-corrected chi connectivity index (χ0v) is 16.9. The lowest BCUT2D eigenvalue weighted by atomic mass is 9.97. The maximum absolute atomic E-state index is 13.0. The molecular formula is C21H28N4O3. The fourth-order valence-electron chi connectivity index (χ4n) is 3.70. The summed E-state index contributed by atoms with van der Waals surface area (Å²) in [7, 11) is 0. The van der Waals surface area contributed by atoms with E-state index in [2.05, 4.69) is 15.0 Å². The molecule has 1 atom stereocenters. The lowest BCUT2D eigenvalue weighted by Crippen LogP contribution is -2.51. The van der Waals surface area contributed by atoms with Crippen molar-refractivity contribution in [1.29, 1.82) is 0 Å². The van der Waals surface area contributed by atoms with Crippen LogP contribution in [0.2, 0.25) is 0 Å². The summed E-state index contributed by atoms with van der Waals surface area (Å²) in [4.78, 5) is 21.6. The summed E-state index contributed by atoms with van der Waals surface area (Å²) in [6.07, 6.45) is 2.81. The summed E-state index contributed by atoms with van der Waals surface area (Å²) in [6.45, 7) is 8.72. The average Bonchev–Trinajstić information content (AvgIpc) is 3.17. The van der Waals surface area contributed by atoms with E-state index in [4.69, 9.17) is 9.26 Å². The average molecular weight is 384 g/mol. The third-order valence-corrected chi connectivity index (χ3v) is 5.25. The van der Waals surface area contributed by atoms with E-state index in [-0.39, 0.29) is 11.3 Å². The number of nitrogens with zero attached hydrogens (tertiary/aromatic N) is 4. The van der Waals surface area contributed by atoms with Gasteiger partial charge in [0.15, 0.2) is 11.9 Å². The van der Waals surface area contributed by atoms with Crippen LogP contribution in [0.3, 0.4) is 0 Å². The minimum Gasteiger partial charge on any atom is -0.477 e. The standard InChI is InChI=1S/C21H28N4O3/c1-21(2,3)20-22-18(23-28-20)14-25-13-17(19(26)24-11-7-4-8-12-24)27-16-10-6-5-9-15(16)25/h5-6,9-10,17H,4,7-8,11-14H2,1-3H3/t17-/m0/s1. The first-order chi connectivity index (χ1) is 13.4. The molecule has 1 amide bonds. The van der Waals surface area contributed by atoms with E-state index in [0.29, 0.717) is 24.8 Å². The summed E-state index contributed by atoms with van der Waals surface area (Å²) in [5.74, 6) is 2.03. The maximum atomic E-state index is 13.0. The topological polar surface area (TPSA) is 71.7 Å². The van der Waals surface area contributed by atoms with Crippen LogP contribution in [0, 0.1) is 0 Å². The van der Waals surface area contributed by atoms with Crippen molar-refractivity contribution >= 4 is 11.6 Å². The van der Waals surface area contributed by atoms with E-state index < -0.39 is 6.10 Å². The number of fused-ring (bicyclic) bond motifs is 1. The van der Waals surface area contributed by atoms with E-state index in [0.717, 1.165) is 37.4 Å². The Morgan fingerprint density at radius 1 is 1.18 bits per heavy atom. The minimum atomic E-state index is -0.512. The van der Waals surface area contributed by atoms with Gasteiger partial charge in [0, 0.05) is 18.5 Å². The number of anilines is 1. The second kappa shape index (κ2) is 7.45. The van der Waals surface area contributed by atoms with Gasteiger partial charge in [-0.15, -0.1) is 0 Å². The number of aromatic nitrogens is 2. The SMILES string of the molecule is CC(C)(C)c1nc(CN2C[C@@H](C(=O)N3CCCCC3)Oc3ccccc32)no1. The molecule has 0 aliphatic carbocycles. The largest absolute Gasteiger partial charge is 0.477 e. The molecule has 150 valence electrons. The number of benzene rings is 1. The summed E-state index contributed by atoms with van der Waals surface area (Å²) in [6, 6.07) is 7.81. The molecule has 1 aromatic heterocycles. The number of para-hydroxylation sites is 2. The number of likely N-dealkylation sites (tertiary alicyclic amines) is 1. The van der Waals surface area contributed by atoms with E-state index in [1.807, 2.05) is 49.9 Å². The first-order valence-corrected chi connectivity index (χ1v) is 10.0. The predicted octanol–water partition coefficient (Wildman–Crippen LogP) is 3.15. The molecule has 2 aromatic rings. The summed E-state index contributed by atoms with van der Waals surface area (Å²) >= 11 is 0. The highest BCUT2D eigenvalue weighted by atomic mass is 16.5. The molecular weight excluding hydrogens is 356 g/mol. The van der Waals surface area contributed by atoms with Gasteiger partial charge in [-0.3, -0.25) is 4.79 Å². The second-order valence-electron chi connectivity index (χ2n) is 8.61. The molecule has 7 heteroatoms. The van der Waals surface area contributed by atoms with Gasteiger partial charge in [-0.05, 0) is 31.4 Å². The normalized spacial score (nSPS) is 19.9. The van der Waals surface area contributed by atoms with Crippen LogP contribution in [-0.2, 0) is 16.8 Å². The van der Waals surface area contributed by atoms with Crippen LogP contribution < -0.4 is 9.64 Å². The highest BCUT2D eigenvalue weighted by Gasteiger charge is 2.34. The van der Waals surface area contributed by atoms with Gasteiger partial charge < -0.3 is 19.1 Å². The number of rotatable bonds is 3. The van der Waals surface area contributed by atoms with Crippen molar-refractivity contribution in [3.63, 3.8) is 0 Å². The Labute approximate surface area is 165 Å². The first kappa shape index (κ1) is 18.8. The van der Waals surface area contributed by atoms with Crippen molar-refractivity contribution in [3.8, 4) is 5.75 Å². The third-order valence-electron chi connectivity index (χ3n) is 5.25. The molecule has 0 radical (unpaired) electrons. The number of carbonyl (C=O) groups is 1. The highest BCUT2D eigenvalue weighted by Crippen LogP contribution is 2.34. The maximum Gasteiger partial charge on any atom is 0.265 e. The van der Waals surface area contributed by atoms with Crippen LogP contribution in [0.4, 0.5) is 5.69 Å². The highest BCUT2D eigenvalue weighted by molar-refractivity contribution is 5.83. The molecule has 0 spiro atoms. The molecule has 7 nitrogen and oxygen atoms in total. The molecule has 2 aliphatic rings. The number of carbonyl (C=O) groups excluding carboxylic acids is 1. The Bertz CT molecular complexity index is 836. The van der Waals surface area contributed by atoms with Gasteiger partial charge in [-0.25, -0.2) is 0 Å². The Balaban J connectivity index is 1.55. The Morgan fingerprint density at radius 3 is 2.64 bits per heavy atom. The second-order valence-corrected chi connectivity index (χ2v) is 8.61. The molecule has 2 aliphatic heterocycles. The van der Waals surface area contributed by atoms with Crippen LogP contribution >= 0.6 is 0 Å². The van der Waals surface area contributed by atoms with Crippen molar-refractivity contribution in [3.05, 3.63) is 36.0 Å². The van der Waals surface area contributed by atoms with Crippen LogP contribution in [0.15, 0.2) is 28.8 Å². The molecule has 4 rings (SSSR count). The van der Waals surface area contributed by atoms with Gasteiger partial charge in [0.25, 0.3) is 5.91 Å². The lowest BCUT2D eigenvalue weighted by molar-refractivity contribution is -0.139. The molecule has 0 unspecified atom stereocenters. The monoisotopic (exact) mass is 384 g/mol. The van der Waals surface area contributed by atoms with Gasteiger partial charge >= 0.3 is 0 Å². The quantitative estimate of drug-likeness (QED) is 0.810. The molecule has 28 heavy (non-hydrogen) atoms. The van der Waals surface area contributed by atoms with E-state index in [9.17, 15) is 4.79 Å². The van der Waals surface area contributed by atoms with Crippen LogP contribution in [0.25, 0.3) is 0 Å². The zero-order valence-electron chi connectivity index (χ0n) is 16.9. The molecule has 1 fully saturated rings. The van der Waals surface area contributed by atoms with Gasteiger partial charge in [-0.2, -0.15) is 4.98 Å². The van der Waals surface area contributed by atoms with Crippen LogP contribution in [0.5, 0.6) is 5.75 Å². The first-order valence-electron chi connectivity index (χ1n) is 10.0. The summed E-state index contributed by atoms with van der Waals surface area (Å²) < 4.78 is 11.5. The van der Waals surface area contributed by atoms with Gasteiger partial charge in [0.05, 0.1) is 18.8 Å². The smallest absolute Gasteiger partial charge is 0.265 e. The molecule has 0 bridgehead atoms. The molecule has 1 saturated heterocycles. The predicted molar refractivity (Wildman–Crippen MR) is 105 cm³/mol. The Hall–Kier alpha value is -2.57. The molecule has 1 aromatic carbocycles.